The Bertz CT molecular complexity index is 1100. The first-order valence-corrected chi connectivity index (χ1v) is 11.9. The van der Waals surface area contributed by atoms with Crippen LogP contribution in [0.2, 0.25) is 5.02 Å². The minimum absolute atomic E-state index is 0.549. The molecule has 1 N–H and O–H groups in total. The lowest BCUT2D eigenvalue weighted by Crippen LogP contribution is -2.50. The molecule has 156 valence electrons. The molecule has 2 aromatic heterocycles. The number of nitrogens with one attached hydrogen (secondary N) is 1. The van der Waals surface area contributed by atoms with Crippen molar-refractivity contribution in [2.45, 2.75) is 32.6 Å². The minimum Gasteiger partial charge on any atom is -0.352 e. The molecule has 1 saturated heterocycles. The van der Waals surface area contributed by atoms with Crippen LogP contribution in [0.25, 0.3) is 10.2 Å². The monoisotopic (exact) mass is 457 g/mol. The van der Waals surface area contributed by atoms with Crippen molar-refractivity contribution in [2.24, 2.45) is 0 Å². The summed E-state index contributed by atoms with van der Waals surface area (Å²) in [6, 6.07) is 7.63. The molecule has 0 spiro atoms. The number of piperazine rings is 1. The molecule has 30 heavy (non-hydrogen) atoms. The fourth-order valence-electron chi connectivity index (χ4n) is 3.85. The van der Waals surface area contributed by atoms with E-state index in [4.69, 9.17) is 33.8 Å². The van der Waals surface area contributed by atoms with Gasteiger partial charge in [0.25, 0.3) is 0 Å². The number of anilines is 2. The number of benzene rings is 1. The molecule has 0 radical (unpaired) electrons. The lowest BCUT2D eigenvalue weighted by atomic mass is 10.2. The molecule has 1 aliphatic carbocycles. The van der Waals surface area contributed by atoms with Crippen molar-refractivity contribution in [2.75, 3.05) is 36.4 Å². The number of thiophene rings is 1. The number of halogens is 1. The zero-order valence-corrected chi connectivity index (χ0v) is 19.5. The Kier molecular flexibility index (Phi) is 5.29. The Balaban J connectivity index is 1.33. The van der Waals surface area contributed by atoms with Crippen LogP contribution in [0.4, 0.5) is 11.5 Å². The lowest BCUT2D eigenvalue weighted by Gasteiger charge is -2.37. The van der Waals surface area contributed by atoms with Crippen LogP contribution in [0, 0.1) is 13.8 Å². The van der Waals surface area contributed by atoms with Gasteiger partial charge in [0.2, 0.25) is 0 Å². The first-order chi connectivity index (χ1) is 14.5. The van der Waals surface area contributed by atoms with Gasteiger partial charge in [0.05, 0.1) is 5.39 Å². The molecule has 1 aliphatic heterocycles. The van der Waals surface area contributed by atoms with Crippen LogP contribution in [0.3, 0.4) is 0 Å². The minimum atomic E-state index is 0.549. The fourth-order valence-corrected chi connectivity index (χ4v) is 5.31. The standard InChI is InChI=1S/C22H24ClN5S2/c1-13-14(2)30-21-18(13)20(25-19(26-21)15-3-4-15)27-9-11-28(12-10-27)22(29)24-17-7-5-16(23)6-8-17/h5-8,15H,3-4,9-12H2,1-2H3,(H,24,29). The maximum Gasteiger partial charge on any atom is 0.173 e. The molecule has 0 bridgehead atoms. The summed E-state index contributed by atoms with van der Waals surface area (Å²) in [7, 11) is 0. The van der Waals surface area contributed by atoms with Crippen molar-refractivity contribution in [1.29, 1.82) is 0 Å². The first-order valence-electron chi connectivity index (χ1n) is 10.3. The summed E-state index contributed by atoms with van der Waals surface area (Å²) in [5.74, 6) is 2.69. The lowest BCUT2D eigenvalue weighted by molar-refractivity contribution is 0.390. The highest BCUT2D eigenvalue weighted by atomic mass is 35.5. The van der Waals surface area contributed by atoms with Crippen LogP contribution in [-0.4, -0.2) is 46.2 Å². The molecule has 0 unspecified atom stereocenters. The summed E-state index contributed by atoms with van der Waals surface area (Å²) < 4.78 is 0. The van der Waals surface area contributed by atoms with Gasteiger partial charge in [-0.2, -0.15) is 0 Å². The number of fused-ring (bicyclic) bond motifs is 1. The van der Waals surface area contributed by atoms with Crippen LogP contribution in [0.1, 0.15) is 35.0 Å². The zero-order chi connectivity index (χ0) is 20.8. The van der Waals surface area contributed by atoms with E-state index in [2.05, 4.69) is 29.0 Å². The third kappa shape index (κ3) is 3.86. The Hall–Kier alpha value is -1.96. The third-order valence-electron chi connectivity index (χ3n) is 5.93. The molecule has 0 atom stereocenters. The van der Waals surface area contributed by atoms with Crippen LogP contribution >= 0.6 is 35.2 Å². The van der Waals surface area contributed by atoms with Gasteiger partial charge in [0.15, 0.2) is 5.11 Å². The highest BCUT2D eigenvalue weighted by Gasteiger charge is 2.30. The van der Waals surface area contributed by atoms with E-state index < -0.39 is 0 Å². The van der Waals surface area contributed by atoms with Crippen molar-refractivity contribution in [3.63, 3.8) is 0 Å². The maximum absolute atomic E-state index is 5.97. The fraction of sp³-hybridized carbons (Fsp3) is 0.409. The number of thiocarbonyl (C=S) groups is 1. The first kappa shape index (κ1) is 20.0. The van der Waals surface area contributed by atoms with E-state index in [-0.39, 0.29) is 0 Å². The van der Waals surface area contributed by atoms with Crippen LogP contribution in [0.15, 0.2) is 24.3 Å². The van der Waals surface area contributed by atoms with Crippen LogP contribution < -0.4 is 10.2 Å². The topological polar surface area (TPSA) is 44.3 Å². The Morgan fingerprint density at radius 3 is 2.47 bits per heavy atom. The zero-order valence-electron chi connectivity index (χ0n) is 17.1. The number of hydrogen-bond acceptors (Lipinski definition) is 5. The van der Waals surface area contributed by atoms with E-state index in [1.807, 2.05) is 24.3 Å². The van der Waals surface area contributed by atoms with Gasteiger partial charge in [0, 0.05) is 47.7 Å². The van der Waals surface area contributed by atoms with Crippen LogP contribution in [0.5, 0.6) is 0 Å². The molecular formula is C22H24ClN5S2. The van der Waals surface area contributed by atoms with Gasteiger partial charge in [-0.3, -0.25) is 0 Å². The molecule has 3 aromatic rings. The second-order valence-electron chi connectivity index (χ2n) is 8.05. The number of aromatic nitrogens is 2. The highest BCUT2D eigenvalue weighted by Crippen LogP contribution is 2.42. The number of rotatable bonds is 3. The Morgan fingerprint density at radius 1 is 1.10 bits per heavy atom. The average molecular weight is 458 g/mol. The molecular weight excluding hydrogens is 434 g/mol. The predicted octanol–water partition coefficient (Wildman–Crippen LogP) is 5.36. The molecule has 2 aliphatic rings. The Labute approximate surface area is 191 Å². The van der Waals surface area contributed by atoms with E-state index in [1.165, 1.54) is 28.7 Å². The molecule has 5 rings (SSSR count). The van der Waals surface area contributed by atoms with E-state index >= 15 is 0 Å². The van der Waals surface area contributed by atoms with E-state index in [9.17, 15) is 0 Å². The largest absolute Gasteiger partial charge is 0.352 e. The van der Waals surface area contributed by atoms with Gasteiger partial charge in [-0.25, -0.2) is 9.97 Å². The van der Waals surface area contributed by atoms with Crippen molar-refractivity contribution < 1.29 is 0 Å². The van der Waals surface area contributed by atoms with Gasteiger partial charge in [0.1, 0.15) is 16.5 Å². The number of hydrogen-bond donors (Lipinski definition) is 1. The van der Waals surface area contributed by atoms with Gasteiger partial charge in [-0.1, -0.05) is 11.6 Å². The molecule has 1 saturated carbocycles. The normalized spacial score (nSPS) is 16.9. The van der Waals surface area contributed by atoms with Crippen molar-refractivity contribution in [3.05, 3.63) is 45.6 Å². The quantitative estimate of drug-likeness (QED) is 0.534. The number of nitrogens with zero attached hydrogens (tertiary/aromatic N) is 4. The van der Waals surface area contributed by atoms with Crippen molar-refractivity contribution in [3.8, 4) is 0 Å². The molecule has 2 fully saturated rings. The number of aryl methyl sites for hydroxylation is 2. The summed E-state index contributed by atoms with van der Waals surface area (Å²) in [5, 5.41) is 6.04. The van der Waals surface area contributed by atoms with Crippen molar-refractivity contribution in [1.82, 2.24) is 14.9 Å². The summed E-state index contributed by atoms with van der Waals surface area (Å²) >= 11 is 13.4. The van der Waals surface area contributed by atoms with Crippen molar-refractivity contribution >= 4 is 62.0 Å². The third-order valence-corrected chi connectivity index (χ3v) is 7.64. The molecule has 5 nitrogen and oxygen atoms in total. The predicted molar refractivity (Wildman–Crippen MR) is 130 cm³/mol. The second-order valence-corrected chi connectivity index (χ2v) is 10.1. The van der Waals surface area contributed by atoms with Gasteiger partial charge in [-0.05, 0) is 68.7 Å². The van der Waals surface area contributed by atoms with E-state index in [0.717, 1.165) is 58.5 Å². The maximum atomic E-state index is 5.97. The summed E-state index contributed by atoms with van der Waals surface area (Å²) in [5.41, 5.74) is 2.28. The summed E-state index contributed by atoms with van der Waals surface area (Å²) in [4.78, 5) is 17.1. The molecule has 0 amide bonds. The summed E-state index contributed by atoms with van der Waals surface area (Å²) in [6.45, 7) is 7.90. The highest BCUT2D eigenvalue weighted by molar-refractivity contribution is 7.80. The smallest absolute Gasteiger partial charge is 0.173 e. The van der Waals surface area contributed by atoms with Gasteiger partial charge >= 0.3 is 0 Å². The second kappa shape index (κ2) is 7.94. The van der Waals surface area contributed by atoms with Gasteiger partial charge < -0.3 is 15.1 Å². The van der Waals surface area contributed by atoms with E-state index in [1.54, 1.807) is 11.3 Å². The Morgan fingerprint density at radius 2 is 1.80 bits per heavy atom. The van der Waals surface area contributed by atoms with E-state index in [0.29, 0.717) is 5.92 Å². The SMILES string of the molecule is Cc1sc2nc(C3CC3)nc(N3CCN(C(=S)Nc4ccc(Cl)cc4)CC3)c2c1C. The molecule has 8 heteroatoms. The average Bonchev–Trinajstić information content (AvgIpc) is 3.56. The van der Waals surface area contributed by atoms with Gasteiger partial charge in [-0.15, -0.1) is 11.3 Å². The summed E-state index contributed by atoms with van der Waals surface area (Å²) in [6.07, 6.45) is 2.43. The molecule has 3 heterocycles. The van der Waals surface area contributed by atoms with Crippen LogP contribution in [-0.2, 0) is 0 Å². The molecule has 1 aromatic carbocycles.